The van der Waals surface area contributed by atoms with Gasteiger partial charge < -0.3 is 10.2 Å². The molecule has 1 amide bonds. The van der Waals surface area contributed by atoms with Crippen molar-refractivity contribution < 1.29 is 13.2 Å². The summed E-state index contributed by atoms with van der Waals surface area (Å²) in [5.74, 6) is -0.386. The van der Waals surface area contributed by atoms with Crippen molar-refractivity contribution in [3.05, 3.63) is 64.2 Å². The van der Waals surface area contributed by atoms with Gasteiger partial charge in [-0.15, -0.1) is 0 Å². The first kappa shape index (κ1) is 22.7. The van der Waals surface area contributed by atoms with Crippen molar-refractivity contribution in [1.82, 2.24) is 14.5 Å². The van der Waals surface area contributed by atoms with Gasteiger partial charge in [0.1, 0.15) is 0 Å². The van der Waals surface area contributed by atoms with E-state index in [1.165, 1.54) is 22.5 Å². The summed E-state index contributed by atoms with van der Waals surface area (Å²) in [5, 5.41) is 3.21. The molecule has 162 valence electrons. The quantitative estimate of drug-likeness (QED) is 0.733. The van der Waals surface area contributed by atoms with E-state index < -0.39 is 10.0 Å². The lowest BCUT2D eigenvalue weighted by molar-refractivity contribution is 0.0935. The average molecular weight is 450 g/mol. The van der Waals surface area contributed by atoms with E-state index >= 15 is 0 Å². The third kappa shape index (κ3) is 5.03. The number of carbonyl (C=O) groups excluding carboxylic acids is 1. The molecule has 8 heteroatoms. The van der Waals surface area contributed by atoms with Crippen LogP contribution in [-0.4, -0.2) is 56.8 Å². The van der Waals surface area contributed by atoms with Gasteiger partial charge in [0.2, 0.25) is 10.0 Å². The maximum Gasteiger partial charge on any atom is 0.253 e. The summed E-state index contributed by atoms with van der Waals surface area (Å²) in [5.41, 5.74) is 2.30. The van der Waals surface area contributed by atoms with Crippen molar-refractivity contribution in [2.75, 3.05) is 33.2 Å². The molecule has 1 aliphatic rings. The Kier molecular flexibility index (Phi) is 7.18. The zero-order valence-corrected chi connectivity index (χ0v) is 19.1. The van der Waals surface area contributed by atoms with Crippen LogP contribution in [0.1, 0.15) is 40.9 Å². The second-order valence-electron chi connectivity index (χ2n) is 7.69. The average Bonchev–Trinajstić information content (AvgIpc) is 2.73. The fraction of sp³-hybridized carbons (Fsp3) is 0.409. The third-order valence-electron chi connectivity index (χ3n) is 5.48. The lowest BCUT2D eigenvalue weighted by atomic mass is 10.0. The van der Waals surface area contributed by atoms with Gasteiger partial charge in [-0.05, 0) is 44.2 Å². The predicted molar refractivity (Wildman–Crippen MR) is 119 cm³/mol. The van der Waals surface area contributed by atoms with Crippen LogP contribution in [0.15, 0.2) is 47.4 Å². The molecular weight excluding hydrogens is 422 g/mol. The largest absolute Gasteiger partial charge is 0.345 e. The van der Waals surface area contributed by atoms with Crippen molar-refractivity contribution in [2.24, 2.45) is 0 Å². The Morgan fingerprint density at radius 2 is 1.73 bits per heavy atom. The number of hydrogen-bond acceptors (Lipinski definition) is 4. The van der Waals surface area contributed by atoms with Gasteiger partial charge in [-0.25, -0.2) is 8.42 Å². The zero-order valence-electron chi connectivity index (χ0n) is 17.6. The molecule has 30 heavy (non-hydrogen) atoms. The lowest BCUT2D eigenvalue weighted by Gasteiger charge is -2.31. The van der Waals surface area contributed by atoms with Gasteiger partial charge in [-0.2, -0.15) is 4.31 Å². The first-order valence-electron chi connectivity index (χ1n) is 10.1. The molecule has 0 unspecified atom stereocenters. The molecule has 1 heterocycles. The normalized spacial score (nSPS) is 16.9. The van der Waals surface area contributed by atoms with Gasteiger partial charge in [0.25, 0.3) is 5.91 Å². The summed E-state index contributed by atoms with van der Waals surface area (Å²) >= 11 is 6.26. The molecule has 0 aromatic heterocycles. The molecule has 0 aliphatic carbocycles. The number of halogens is 1. The van der Waals surface area contributed by atoms with Crippen LogP contribution in [-0.2, 0) is 10.0 Å². The molecular formula is C22H28ClN3O3S. The summed E-state index contributed by atoms with van der Waals surface area (Å²) in [6.45, 7) is 6.20. The van der Waals surface area contributed by atoms with E-state index in [1.54, 1.807) is 0 Å². The third-order valence-corrected chi connectivity index (χ3v) is 7.70. The van der Waals surface area contributed by atoms with Gasteiger partial charge in [0.15, 0.2) is 0 Å². The molecule has 1 fully saturated rings. The number of rotatable bonds is 6. The fourth-order valence-electron chi connectivity index (χ4n) is 3.47. The standard InChI is InChI=1S/C22H28ClN3O3S/c1-4-21(17-7-5-16(2)6-8-17)24-22(27)19-15-18(9-10-20(19)23)30(28,29)26-13-11-25(3)12-14-26/h5-10,15,21H,4,11-14H2,1-3H3,(H,24,27)/t21-/m0/s1. The number of amides is 1. The Hall–Kier alpha value is -1.93. The number of nitrogens with one attached hydrogen (secondary N) is 1. The molecule has 0 saturated carbocycles. The number of nitrogens with zero attached hydrogens (tertiary/aromatic N) is 2. The molecule has 2 aromatic rings. The minimum absolute atomic E-state index is 0.0880. The van der Waals surface area contributed by atoms with Crippen molar-refractivity contribution in [3.8, 4) is 0 Å². The molecule has 0 spiro atoms. The van der Waals surface area contributed by atoms with Crippen LogP contribution < -0.4 is 5.32 Å². The predicted octanol–water partition coefficient (Wildman–Crippen LogP) is 3.47. The van der Waals surface area contributed by atoms with Gasteiger partial charge in [0.05, 0.1) is 21.5 Å². The molecule has 1 atom stereocenters. The van der Waals surface area contributed by atoms with E-state index in [1.807, 2.05) is 45.2 Å². The number of piperazine rings is 1. The van der Waals surface area contributed by atoms with Crippen LogP contribution in [0.4, 0.5) is 0 Å². The summed E-state index contributed by atoms with van der Waals surface area (Å²) in [6.07, 6.45) is 0.700. The molecule has 2 aromatic carbocycles. The summed E-state index contributed by atoms with van der Waals surface area (Å²) in [4.78, 5) is 15.1. The Morgan fingerprint density at radius 1 is 1.10 bits per heavy atom. The second kappa shape index (κ2) is 9.47. The van der Waals surface area contributed by atoms with Crippen molar-refractivity contribution >= 4 is 27.5 Å². The Labute approximate surface area is 183 Å². The van der Waals surface area contributed by atoms with E-state index in [4.69, 9.17) is 11.6 Å². The second-order valence-corrected chi connectivity index (χ2v) is 10.0. The minimum atomic E-state index is -3.68. The topological polar surface area (TPSA) is 69.7 Å². The smallest absolute Gasteiger partial charge is 0.253 e. The zero-order chi connectivity index (χ0) is 21.9. The number of likely N-dealkylation sites (N-methyl/N-ethyl adjacent to an activating group) is 1. The molecule has 1 N–H and O–H groups in total. The Balaban J connectivity index is 1.83. The highest BCUT2D eigenvalue weighted by Gasteiger charge is 2.29. The first-order chi connectivity index (χ1) is 14.2. The maximum absolute atomic E-state index is 13.0. The number of hydrogen-bond donors (Lipinski definition) is 1. The molecule has 3 rings (SSSR count). The van der Waals surface area contributed by atoms with Crippen molar-refractivity contribution in [3.63, 3.8) is 0 Å². The van der Waals surface area contributed by atoms with Gasteiger partial charge in [-0.1, -0.05) is 48.4 Å². The fourth-order valence-corrected chi connectivity index (χ4v) is 5.12. The Morgan fingerprint density at radius 3 is 2.33 bits per heavy atom. The summed E-state index contributed by atoms with van der Waals surface area (Å²) in [7, 11) is -1.72. The van der Waals surface area contributed by atoms with E-state index in [0.29, 0.717) is 32.6 Å². The molecule has 6 nitrogen and oxygen atoms in total. The number of benzene rings is 2. The summed E-state index contributed by atoms with van der Waals surface area (Å²) < 4.78 is 27.5. The molecule has 0 radical (unpaired) electrons. The Bertz CT molecular complexity index is 1000. The van der Waals surface area contributed by atoms with Crippen LogP contribution in [0.5, 0.6) is 0 Å². The maximum atomic E-state index is 13.0. The van der Waals surface area contributed by atoms with E-state index in [0.717, 1.165) is 11.1 Å². The number of aryl methyl sites for hydroxylation is 1. The monoisotopic (exact) mass is 449 g/mol. The van der Waals surface area contributed by atoms with Gasteiger partial charge >= 0.3 is 0 Å². The highest BCUT2D eigenvalue weighted by molar-refractivity contribution is 7.89. The van der Waals surface area contributed by atoms with Crippen LogP contribution in [0.3, 0.4) is 0 Å². The van der Waals surface area contributed by atoms with Crippen LogP contribution >= 0.6 is 11.6 Å². The van der Waals surface area contributed by atoms with Crippen LogP contribution in [0.2, 0.25) is 5.02 Å². The highest BCUT2D eigenvalue weighted by atomic mass is 35.5. The lowest BCUT2D eigenvalue weighted by Crippen LogP contribution is -2.47. The SMILES string of the molecule is CC[C@H](NC(=O)c1cc(S(=O)(=O)N2CCN(C)CC2)ccc1Cl)c1ccc(C)cc1. The number of carbonyl (C=O) groups is 1. The number of sulfonamides is 1. The van der Waals surface area contributed by atoms with E-state index in [-0.39, 0.29) is 27.4 Å². The van der Waals surface area contributed by atoms with Crippen LogP contribution in [0.25, 0.3) is 0 Å². The van der Waals surface area contributed by atoms with E-state index in [2.05, 4.69) is 10.2 Å². The first-order valence-corrected chi connectivity index (χ1v) is 11.9. The molecule has 1 saturated heterocycles. The van der Waals surface area contributed by atoms with Gasteiger partial charge in [0, 0.05) is 26.2 Å². The summed E-state index contributed by atoms with van der Waals surface area (Å²) in [6, 6.07) is 12.1. The highest BCUT2D eigenvalue weighted by Crippen LogP contribution is 2.25. The van der Waals surface area contributed by atoms with Crippen molar-refractivity contribution in [1.29, 1.82) is 0 Å². The molecule has 1 aliphatic heterocycles. The van der Waals surface area contributed by atoms with Crippen LogP contribution in [0, 0.1) is 6.92 Å². The van der Waals surface area contributed by atoms with Crippen molar-refractivity contribution in [2.45, 2.75) is 31.2 Å². The van der Waals surface area contributed by atoms with Gasteiger partial charge in [-0.3, -0.25) is 4.79 Å². The minimum Gasteiger partial charge on any atom is -0.345 e. The molecule has 0 bridgehead atoms. The van der Waals surface area contributed by atoms with E-state index in [9.17, 15) is 13.2 Å².